The third-order valence-corrected chi connectivity index (χ3v) is 3.23. The van der Waals surface area contributed by atoms with Crippen molar-refractivity contribution in [2.24, 2.45) is 5.41 Å². The Bertz CT molecular complexity index is 199. The molecular weight excluding hydrogens is 225 g/mol. The van der Waals surface area contributed by atoms with E-state index < -0.39 is 11.6 Å². The van der Waals surface area contributed by atoms with Crippen LogP contribution in [0.25, 0.3) is 0 Å². The summed E-state index contributed by atoms with van der Waals surface area (Å²) in [5.41, 5.74) is -0.740. The van der Waals surface area contributed by atoms with E-state index in [1.54, 1.807) is 6.92 Å². The van der Waals surface area contributed by atoms with Gasteiger partial charge in [-0.1, -0.05) is 15.9 Å². The van der Waals surface area contributed by atoms with E-state index in [9.17, 15) is 9.18 Å². The van der Waals surface area contributed by atoms with E-state index in [-0.39, 0.29) is 11.9 Å². The number of hydrogen-bond acceptors (Lipinski definition) is 1. The first-order chi connectivity index (χ1) is 5.50. The molecule has 0 aromatic carbocycles. The zero-order valence-corrected chi connectivity index (χ0v) is 8.82. The maximum Gasteiger partial charge on any atom is 0.229 e. The molecular formula is C8H13BrFNO. The van der Waals surface area contributed by atoms with E-state index >= 15 is 0 Å². The van der Waals surface area contributed by atoms with Crippen LogP contribution in [0, 0.1) is 5.41 Å². The highest BCUT2D eigenvalue weighted by Gasteiger charge is 2.57. The maximum absolute atomic E-state index is 12.7. The normalized spacial score (nSPS) is 35.8. The molecule has 4 heteroatoms. The first-order valence-corrected chi connectivity index (χ1v) is 5.14. The van der Waals surface area contributed by atoms with Crippen molar-refractivity contribution < 1.29 is 9.18 Å². The molecule has 1 rings (SSSR count). The number of nitrogens with one attached hydrogen (secondary N) is 1. The molecule has 1 amide bonds. The molecule has 0 spiro atoms. The van der Waals surface area contributed by atoms with Crippen molar-refractivity contribution in [2.75, 3.05) is 5.33 Å². The van der Waals surface area contributed by atoms with Crippen molar-refractivity contribution >= 4 is 21.8 Å². The van der Waals surface area contributed by atoms with Gasteiger partial charge >= 0.3 is 0 Å². The van der Waals surface area contributed by atoms with Crippen molar-refractivity contribution in [1.29, 1.82) is 0 Å². The van der Waals surface area contributed by atoms with Gasteiger partial charge in [0.05, 0.1) is 5.41 Å². The molecule has 1 saturated carbocycles. The monoisotopic (exact) mass is 237 g/mol. The highest BCUT2D eigenvalue weighted by atomic mass is 79.9. The largest absolute Gasteiger partial charge is 0.352 e. The molecule has 3 unspecified atom stereocenters. The molecule has 1 aliphatic rings. The van der Waals surface area contributed by atoms with E-state index in [0.29, 0.717) is 11.8 Å². The SMILES string of the molecule is CC(CBr)NC(=O)C1(C)CC1F. The molecule has 0 aromatic rings. The van der Waals surface area contributed by atoms with Gasteiger partial charge in [0.1, 0.15) is 6.17 Å². The van der Waals surface area contributed by atoms with Crippen LogP contribution in [0.5, 0.6) is 0 Å². The number of carbonyl (C=O) groups excluding carboxylic acids is 1. The Morgan fingerprint density at radius 2 is 2.42 bits per heavy atom. The molecule has 0 aromatic heterocycles. The molecule has 0 aliphatic heterocycles. The fraction of sp³-hybridized carbons (Fsp3) is 0.875. The minimum absolute atomic E-state index is 0.0714. The summed E-state index contributed by atoms with van der Waals surface area (Å²) < 4.78 is 12.7. The minimum atomic E-state index is -0.944. The molecule has 0 saturated heterocycles. The van der Waals surface area contributed by atoms with E-state index in [2.05, 4.69) is 21.2 Å². The van der Waals surface area contributed by atoms with Gasteiger partial charge in [0, 0.05) is 11.4 Å². The van der Waals surface area contributed by atoms with Crippen LogP contribution in [0.1, 0.15) is 20.3 Å². The van der Waals surface area contributed by atoms with Gasteiger partial charge in [0.15, 0.2) is 0 Å². The Balaban J connectivity index is 2.40. The predicted octanol–water partition coefficient (Wildman–Crippen LogP) is 1.63. The third kappa shape index (κ3) is 1.79. The predicted molar refractivity (Wildman–Crippen MR) is 49.0 cm³/mol. The molecule has 1 fully saturated rings. The van der Waals surface area contributed by atoms with E-state index in [1.165, 1.54) is 0 Å². The van der Waals surface area contributed by atoms with Crippen LogP contribution in [0.4, 0.5) is 4.39 Å². The van der Waals surface area contributed by atoms with E-state index in [0.717, 1.165) is 0 Å². The van der Waals surface area contributed by atoms with Crippen LogP contribution in [-0.4, -0.2) is 23.5 Å². The van der Waals surface area contributed by atoms with Crippen LogP contribution in [-0.2, 0) is 4.79 Å². The highest BCUT2D eigenvalue weighted by molar-refractivity contribution is 9.09. The third-order valence-electron chi connectivity index (χ3n) is 2.26. The first kappa shape index (κ1) is 9.96. The van der Waals surface area contributed by atoms with Crippen LogP contribution < -0.4 is 5.32 Å². The van der Waals surface area contributed by atoms with Gasteiger partial charge in [0.25, 0.3) is 0 Å². The van der Waals surface area contributed by atoms with Gasteiger partial charge in [-0.25, -0.2) is 4.39 Å². The fourth-order valence-electron chi connectivity index (χ4n) is 0.976. The minimum Gasteiger partial charge on any atom is -0.352 e. The van der Waals surface area contributed by atoms with Gasteiger partial charge in [-0.05, 0) is 20.3 Å². The van der Waals surface area contributed by atoms with Crippen LogP contribution in [0.15, 0.2) is 0 Å². The van der Waals surface area contributed by atoms with Gasteiger partial charge in [0.2, 0.25) is 5.91 Å². The molecule has 70 valence electrons. The second-order valence-corrected chi connectivity index (χ2v) is 4.27. The van der Waals surface area contributed by atoms with Crippen LogP contribution in [0.3, 0.4) is 0 Å². The molecule has 1 N–H and O–H groups in total. The summed E-state index contributed by atoms with van der Waals surface area (Å²) in [6, 6.07) is 0.0714. The summed E-state index contributed by atoms with van der Waals surface area (Å²) in [6.45, 7) is 3.54. The summed E-state index contributed by atoms with van der Waals surface area (Å²) >= 11 is 3.24. The Hall–Kier alpha value is -0.120. The number of carbonyl (C=O) groups is 1. The maximum atomic E-state index is 12.7. The van der Waals surface area contributed by atoms with Gasteiger partial charge < -0.3 is 5.32 Å². The van der Waals surface area contributed by atoms with Gasteiger partial charge in [-0.15, -0.1) is 0 Å². The lowest BCUT2D eigenvalue weighted by Crippen LogP contribution is -2.39. The zero-order chi connectivity index (χ0) is 9.35. The lowest BCUT2D eigenvalue weighted by atomic mass is 10.1. The van der Waals surface area contributed by atoms with Crippen LogP contribution >= 0.6 is 15.9 Å². The fourth-order valence-corrected chi connectivity index (χ4v) is 1.14. The quantitative estimate of drug-likeness (QED) is 0.744. The molecule has 1 aliphatic carbocycles. The topological polar surface area (TPSA) is 29.1 Å². The lowest BCUT2D eigenvalue weighted by molar-refractivity contribution is -0.126. The smallest absolute Gasteiger partial charge is 0.229 e. The van der Waals surface area contributed by atoms with Crippen molar-refractivity contribution in [3.63, 3.8) is 0 Å². The van der Waals surface area contributed by atoms with Crippen molar-refractivity contribution in [3.8, 4) is 0 Å². The Morgan fingerprint density at radius 3 is 2.75 bits per heavy atom. The summed E-state index contributed by atoms with van der Waals surface area (Å²) in [6.07, 6.45) is -0.576. The Morgan fingerprint density at radius 1 is 1.92 bits per heavy atom. The summed E-state index contributed by atoms with van der Waals surface area (Å²) in [5, 5.41) is 3.44. The van der Waals surface area contributed by atoms with Gasteiger partial charge in [-0.2, -0.15) is 0 Å². The number of hydrogen-bond donors (Lipinski definition) is 1. The number of halogens is 2. The van der Waals surface area contributed by atoms with Gasteiger partial charge in [-0.3, -0.25) is 4.79 Å². The Kier molecular flexibility index (Phi) is 2.76. The number of alkyl halides is 2. The van der Waals surface area contributed by atoms with Crippen molar-refractivity contribution in [1.82, 2.24) is 5.32 Å². The second kappa shape index (κ2) is 3.32. The molecule has 2 nitrogen and oxygen atoms in total. The number of rotatable bonds is 3. The average Bonchev–Trinajstić information content (AvgIpc) is 2.61. The molecule has 0 heterocycles. The first-order valence-electron chi connectivity index (χ1n) is 4.01. The summed E-state index contributed by atoms with van der Waals surface area (Å²) in [4.78, 5) is 11.3. The highest BCUT2D eigenvalue weighted by Crippen LogP contribution is 2.48. The van der Waals surface area contributed by atoms with E-state index in [4.69, 9.17) is 0 Å². The zero-order valence-electron chi connectivity index (χ0n) is 7.23. The van der Waals surface area contributed by atoms with Crippen LogP contribution in [0.2, 0.25) is 0 Å². The Labute approximate surface area is 80.0 Å². The average molecular weight is 238 g/mol. The molecule has 12 heavy (non-hydrogen) atoms. The summed E-state index contributed by atoms with van der Waals surface area (Å²) in [7, 11) is 0. The molecule has 0 radical (unpaired) electrons. The van der Waals surface area contributed by atoms with Crippen molar-refractivity contribution in [3.05, 3.63) is 0 Å². The lowest BCUT2D eigenvalue weighted by Gasteiger charge is -2.14. The summed E-state index contributed by atoms with van der Waals surface area (Å²) in [5.74, 6) is -0.165. The second-order valence-electron chi connectivity index (χ2n) is 3.62. The standard InChI is InChI=1S/C8H13BrFNO/c1-5(4-9)11-7(12)8(2)3-6(8)10/h5-6H,3-4H2,1-2H3,(H,11,12). The molecule has 3 atom stereocenters. The molecule has 0 bridgehead atoms. The number of amides is 1. The van der Waals surface area contributed by atoms with E-state index in [1.807, 2.05) is 6.92 Å². The van der Waals surface area contributed by atoms with Crippen molar-refractivity contribution in [2.45, 2.75) is 32.5 Å².